The predicted molar refractivity (Wildman–Crippen MR) is 122 cm³/mol. The molecule has 1 aliphatic carbocycles. The van der Waals surface area contributed by atoms with Crippen molar-refractivity contribution in [2.24, 2.45) is 11.7 Å². The number of nitrogens with two attached hydrogens (primary N) is 2. The van der Waals surface area contributed by atoms with Gasteiger partial charge in [-0.15, -0.1) is 0 Å². The van der Waals surface area contributed by atoms with Crippen molar-refractivity contribution in [2.75, 3.05) is 10.6 Å². The average molecular weight is 444 g/mol. The SMILES string of the molecule is CC(C)CC(C(=O)NC1CCCC1)N(C(=O)c1snc(C(N)=O)c1N)c1ccccc1. The summed E-state index contributed by atoms with van der Waals surface area (Å²) in [7, 11) is 0. The largest absolute Gasteiger partial charge is 0.395 e. The summed E-state index contributed by atoms with van der Waals surface area (Å²) in [5.41, 5.74) is 11.7. The van der Waals surface area contributed by atoms with Gasteiger partial charge >= 0.3 is 0 Å². The number of carbonyl (C=O) groups excluding carboxylic acids is 3. The van der Waals surface area contributed by atoms with Crippen molar-refractivity contribution >= 4 is 40.6 Å². The van der Waals surface area contributed by atoms with E-state index in [1.807, 2.05) is 32.0 Å². The van der Waals surface area contributed by atoms with Crippen LogP contribution in [0.2, 0.25) is 0 Å². The van der Waals surface area contributed by atoms with Crippen LogP contribution in [0.1, 0.15) is 66.1 Å². The van der Waals surface area contributed by atoms with Crippen molar-refractivity contribution in [3.63, 3.8) is 0 Å². The first-order valence-corrected chi connectivity index (χ1v) is 11.3. The molecule has 31 heavy (non-hydrogen) atoms. The van der Waals surface area contributed by atoms with Crippen molar-refractivity contribution in [1.29, 1.82) is 0 Å². The first-order chi connectivity index (χ1) is 14.8. The van der Waals surface area contributed by atoms with Crippen LogP contribution in [-0.2, 0) is 4.79 Å². The Labute approximate surface area is 186 Å². The maximum Gasteiger partial charge on any atom is 0.272 e. The Morgan fingerprint density at radius 2 is 1.84 bits per heavy atom. The zero-order valence-corrected chi connectivity index (χ0v) is 18.7. The predicted octanol–water partition coefficient (Wildman–Crippen LogP) is 2.94. The van der Waals surface area contributed by atoms with Crippen molar-refractivity contribution in [1.82, 2.24) is 9.69 Å². The second kappa shape index (κ2) is 9.91. The molecule has 1 aromatic carbocycles. The fraction of sp³-hybridized carbons (Fsp3) is 0.455. The number of rotatable bonds is 8. The Hall–Kier alpha value is -2.94. The summed E-state index contributed by atoms with van der Waals surface area (Å²) >= 11 is 0.818. The number of nitrogens with one attached hydrogen (secondary N) is 1. The summed E-state index contributed by atoms with van der Waals surface area (Å²) in [4.78, 5) is 40.2. The number of amides is 3. The number of nitrogen functional groups attached to an aromatic ring is 1. The Morgan fingerprint density at radius 3 is 2.39 bits per heavy atom. The van der Waals surface area contributed by atoms with Gasteiger partial charge in [0.05, 0.1) is 5.69 Å². The van der Waals surface area contributed by atoms with E-state index in [4.69, 9.17) is 11.5 Å². The van der Waals surface area contributed by atoms with E-state index in [1.165, 1.54) is 4.90 Å². The summed E-state index contributed by atoms with van der Waals surface area (Å²) < 4.78 is 3.95. The van der Waals surface area contributed by atoms with Gasteiger partial charge in [-0.05, 0) is 48.8 Å². The average Bonchev–Trinajstić information content (AvgIpc) is 3.37. The van der Waals surface area contributed by atoms with Gasteiger partial charge in [0.2, 0.25) is 5.91 Å². The lowest BCUT2D eigenvalue weighted by molar-refractivity contribution is -0.123. The molecule has 1 saturated carbocycles. The number of para-hydroxylation sites is 1. The highest BCUT2D eigenvalue weighted by Crippen LogP contribution is 2.29. The molecular formula is C22H29N5O3S. The molecule has 0 bridgehead atoms. The van der Waals surface area contributed by atoms with Crippen molar-refractivity contribution < 1.29 is 14.4 Å². The molecule has 1 aliphatic rings. The highest BCUT2D eigenvalue weighted by atomic mass is 32.1. The second-order valence-electron chi connectivity index (χ2n) is 8.28. The Morgan fingerprint density at radius 1 is 1.19 bits per heavy atom. The molecule has 3 amide bonds. The van der Waals surface area contributed by atoms with Gasteiger partial charge in [-0.25, -0.2) is 0 Å². The van der Waals surface area contributed by atoms with Crippen LogP contribution < -0.4 is 21.7 Å². The molecule has 166 valence electrons. The molecule has 0 aliphatic heterocycles. The van der Waals surface area contributed by atoms with Crippen LogP contribution in [-0.4, -0.2) is 34.2 Å². The molecule has 1 heterocycles. The van der Waals surface area contributed by atoms with Crippen molar-refractivity contribution in [3.8, 4) is 0 Å². The lowest BCUT2D eigenvalue weighted by Gasteiger charge is -2.32. The van der Waals surface area contributed by atoms with Gasteiger partial charge in [0, 0.05) is 11.7 Å². The van der Waals surface area contributed by atoms with Gasteiger partial charge < -0.3 is 16.8 Å². The summed E-state index contributed by atoms with van der Waals surface area (Å²) in [5, 5.41) is 3.13. The molecular weight excluding hydrogens is 414 g/mol. The second-order valence-corrected chi connectivity index (χ2v) is 9.06. The minimum Gasteiger partial charge on any atom is -0.395 e. The molecule has 1 atom stereocenters. The van der Waals surface area contributed by atoms with Gasteiger partial charge in [0.15, 0.2) is 5.69 Å². The number of aromatic nitrogens is 1. The molecule has 1 aromatic heterocycles. The van der Waals surface area contributed by atoms with Crippen LogP contribution in [0.3, 0.4) is 0 Å². The molecule has 3 rings (SSSR count). The molecule has 0 radical (unpaired) electrons. The molecule has 1 unspecified atom stereocenters. The highest BCUT2D eigenvalue weighted by molar-refractivity contribution is 7.09. The quantitative estimate of drug-likeness (QED) is 0.577. The topological polar surface area (TPSA) is 131 Å². The van der Waals surface area contributed by atoms with Crippen molar-refractivity contribution in [2.45, 2.75) is 58.0 Å². The summed E-state index contributed by atoms with van der Waals surface area (Å²) in [6.45, 7) is 4.02. The van der Waals surface area contributed by atoms with Crippen LogP contribution in [0, 0.1) is 5.92 Å². The third-order valence-corrected chi connectivity index (χ3v) is 6.27. The standard InChI is InChI=1S/C22H29N5O3S/c1-13(2)12-16(21(29)25-14-8-6-7-9-14)27(15-10-4-3-5-11-15)22(30)19-17(23)18(20(24)28)26-31-19/h3-5,10-11,13-14,16H,6-9,12,23H2,1-2H3,(H2,24,28)(H,25,29). The van der Waals surface area contributed by atoms with Crippen LogP contribution in [0.4, 0.5) is 11.4 Å². The van der Waals surface area contributed by atoms with E-state index < -0.39 is 17.9 Å². The smallest absolute Gasteiger partial charge is 0.272 e. The monoisotopic (exact) mass is 443 g/mol. The van der Waals surface area contributed by atoms with Gasteiger partial charge in [-0.2, -0.15) is 4.37 Å². The lowest BCUT2D eigenvalue weighted by Crippen LogP contribution is -2.52. The zero-order valence-electron chi connectivity index (χ0n) is 17.8. The lowest BCUT2D eigenvalue weighted by atomic mass is 9.99. The summed E-state index contributed by atoms with van der Waals surface area (Å²) in [5.74, 6) is -1.29. The first-order valence-electron chi connectivity index (χ1n) is 10.5. The minimum atomic E-state index is -0.795. The van der Waals surface area contributed by atoms with Crippen molar-refractivity contribution in [3.05, 3.63) is 40.9 Å². The molecule has 0 spiro atoms. The van der Waals surface area contributed by atoms with Crippen LogP contribution >= 0.6 is 11.5 Å². The van der Waals surface area contributed by atoms with Crippen LogP contribution in [0.25, 0.3) is 0 Å². The van der Waals surface area contributed by atoms with E-state index >= 15 is 0 Å². The number of anilines is 2. The van der Waals surface area contributed by atoms with E-state index in [2.05, 4.69) is 9.69 Å². The highest BCUT2D eigenvalue weighted by Gasteiger charge is 2.36. The third kappa shape index (κ3) is 5.22. The van der Waals surface area contributed by atoms with Gasteiger partial charge in [0.25, 0.3) is 11.8 Å². The Kier molecular flexibility index (Phi) is 7.27. The number of primary amides is 1. The number of benzene rings is 1. The maximum absolute atomic E-state index is 13.7. The van der Waals surface area contributed by atoms with Gasteiger partial charge in [-0.1, -0.05) is 44.9 Å². The number of hydrogen-bond donors (Lipinski definition) is 3. The molecule has 9 heteroatoms. The molecule has 2 aromatic rings. The van der Waals surface area contributed by atoms with E-state index in [0.29, 0.717) is 12.1 Å². The Bertz CT molecular complexity index is 938. The maximum atomic E-state index is 13.7. The Balaban J connectivity index is 2.01. The van der Waals surface area contributed by atoms with E-state index in [1.54, 1.807) is 12.1 Å². The first kappa shape index (κ1) is 22.7. The van der Waals surface area contributed by atoms with Gasteiger partial charge in [0.1, 0.15) is 10.9 Å². The molecule has 1 fully saturated rings. The van der Waals surface area contributed by atoms with Crippen LogP contribution in [0.5, 0.6) is 0 Å². The van der Waals surface area contributed by atoms with Crippen LogP contribution in [0.15, 0.2) is 30.3 Å². The fourth-order valence-electron chi connectivity index (χ4n) is 3.91. The third-order valence-electron chi connectivity index (χ3n) is 5.42. The summed E-state index contributed by atoms with van der Waals surface area (Å²) in [6, 6.07) is 8.41. The van der Waals surface area contributed by atoms with E-state index in [9.17, 15) is 14.4 Å². The minimum absolute atomic E-state index is 0.0528. The number of carbonyl (C=O) groups is 3. The molecule has 5 N–H and O–H groups in total. The van der Waals surface area contributed by atoms with Gasteiger partial charge in [-0.3, -0.25) is 19.3 Å². The normalized spacial score (nSPS) is 15.1. The van der Waals surface area contributed by atoms with E-state index in [-0.39, 0.29) is 34.1 Å². The molecule has 0 saturated heterocycles. The number of hydrogen-bond acceptors (Lipinski definition) is 6. The summed E-state index contributed by atoms with van der Waals surface area (Å²) in [6.07, 6.45) is 4.55. The number of nitrogens with zero attached hydrogens (tertiary/aromatic N) is 2. The fourth-order valence-corrected chi connectivity index (χ4v) is 4.65. The molecule has 8 nitrogen and oxygen atoms in total. The van der Waals surface area contributed by atoms with E-state index in [0.717, 1.165) is 37.2 Å². The zero-order chi connectivity index (χ0) is 22.5.